The number of phosphoric acid groups is 1. The third-order valence-electron chi connectivity index (χ3n) is 7.31. The average molecular weight is 697 g/mol. The summed E-state index contributed by atoms with van der Waals surface area (Å²) in [6.45, 7) is 5.28. The number of allylic oxidation sites excluding steroid dienone is 10. The molecule has 2 atom stereocenters. The molecule has 278 valence electrons. The van der Waals surface area contributed by atoms with Crippen LogP contribution in [-0.4, -0.2) is 75.6 Å². The Labute approximate surface area is 294 Å². The number of carbonyl (C=O) groups is 1. The van der Waals surface area contributed by atoms with Crippen molar-refractivity contribution in [2.24, 2.45) is 0 Å². The first-order valence-electron chi connectivity index (χ1n) is 18.5. The van der Waals surface area contributed by atoms with Gasteiger partial charge in [-0.2, -0.15) is 0 Å². The maximum absolute atomic E-state index is 12.6. The average Bonchev–Trinajstić information content (AvgIpc) is 3.03. The van der Waals surface area contributed by atoms with E-state index < -0.39 is 13.9 Å². The van der Waals surface area contributed by atoms with Gasteiger partial charge in [-0.05, 0) is 70.6 Å². The van der Waals surface area contributed by atoms with Gasteiger partial charge in [0.05, 0.1) is 34.4 Å². The minimum Gasteiger partial charge on any atom is -0.457 e. The van der Waals surface area contributed by atoms with E-state index >= 15 is 0 Å². The number of hydrogen-bond donors (Lipinski definition) is 1. The van der Waals surface area contributed by atoms with Gasteiger partial charge < -0.3 is 18.9 Å². The monoisotopic (exact) mass is 696 g/mol. The van der Waals surface area contributed by atoms with Crippen molar-refractivity contribution in [1.29, 1.82) is 0 Å². The van der Waals surface area contributed by atoms with Crippen LogP contribution in [0.25, 0.3) is 0 Å². The van der Waals surface area contributed by atoms with Crippen LogP contribution in [-0.2, 0) is 27.9 Å². The van der Waals surface area contributed by atoms with Gasteiger partial charge in [0.1, 0.15) is 19.3 Å². The first-order chi connectivity index (χ1) is 23.1. The number of quaternary nitrogens is 1. The van der Waals surface area contributed by atoms with Crippen LogP contribution in [0.4, 0.5) is 0 Å². The zero-order chi connectivity index (χ0) is 35.6. The van der Waals surface area contributed by atoms with E-state index in [1.807, 2.05) is 21.1 Å². The molecule has 8 nitrogen and oxygen atoms in total. The number of carbonyl (C=O) groups excluding carboxylic acids is 1. The molecule has 0 aromatic heterocycles. The lowest BCUT2D eigenvalue weighted by atomic mass is 10.1. The van der Waals surface area contributed by atoms with E-state index in [9.17, 15) is 14.3 Å². The maximum atomic E-state index is 12.6. The Morgan fingerprint density at radius 3 is 1.83 bits per heavy atom. The molecule has 48 heavy (non-hydrogen) atoms. The highest BCUT2D eigenvalue weighted by molar-refractivity contribution is 7.47. The van der Waals surface area contributed by atoms with Crippen LogP contribution in [0, 0.1) is 0 Å². The summed E-state index contributed by atoms with van der Waals surface area (Å²) in [5, 5.41) is 0. The number of unbranched alkanes of at least 4 members (excludes halogenated alkanes) is 9. The normalized spacial score (nSPS) is 14.7. The molecular weight excluding hydrogens is 625 g/mol. The highest BCUT2D eigenvalue weighted by Gasteiger charge is 2.26. The Hall–Kier alpha value is -1.80. The molecule has 0 saturated heterocycles. The summed E-state index contributed by atoms with van der Waals surface area (Å²) < 4.78 is 34.7. The molecule has 0 saturated carbocycles. The van der Waals surface area contributed by atoms with Crippen molar-refractivity contribution < 1.29 is 37.3 Å². The quantitative estimate of drug-likeness (QED) is 0.0240. The molecule has 0 aromatic carbocycles. The summed E-state index contributed by atoms with van der Waals surface area (Å²) in [7, 11) is 1.62. The molecule has 0 aliphatic rings. The molecule has 0 radical (unpaired) electrons. The van der Waals surface area contributed by atoms with Crippen molar-refractivity contribution in [2.75, 3.05) is 54.1 Å². The molecule has 0 aromatic rings. The van der Waals surface area contributed by atoms with Gasteiger partial charge in [-0.1, -0.05) is 107 Å². The van der Waals surface area contributed by atoms with Gasteiger partial charge in [0, 0.05) is 13.0 Å². The highest BCUT2D eigenvalue weighted by Crippen LogP contribution is 2.43. The lowest BCUT2D eigenvalue weighted by Gasteiger charge is -2.24. The number of nitrogens with zero attached hydrogens (tertiary/aromatic N) is 1. The third kappa shape index (κ3) is 35.5. The summed E-state index contributed by atoms with van der Waals surface area (Å²) in [5.41, 5.74) is 0. The smallest absolute Gasteiger partial charge is 0.457 e. The number of phosphoric ester groups is 1. The fourth-order valence-corrected chi connectivity index (χ4v) is 5.17. The lowest BCUT2D eigenvalue weighted by molar-refractivity contribution is -0.870. The summed E-state index contributed by atoms with van der Waals surface area (Å²) in [6.07, 6.45) is 38.3. The number of ether oxygens (including phenoxy) is 2. The van der Waals surface area contributed by atoms with E-state index in [1.165, 1.54) is 32.1 Å². The van der Waals surface area contributed by atoms with Gasteiger partial charge in [0.2, 0.25) is 0 Å². The molecule has 0 aliphatic carbocycles. The van der Waals surface area contributed by atoms with Crippen molar-refractivity contribution in [2.45, 2.75) is 129 Å². The van der Waals surface area contributed by atoms with Crippen LogP contribution >= 0.6 is 7.82 Å². The zero-order valence-corrected chi connectivity index (χ0v) is 32.1. The molecule has 1 N–H and O–H groups in total. The Bertz CT molecular complexity index is 952. The first kappa shape index (κ1) is 46.2. The molecule has 9 heteroatoms. The van der Waals surface area contributed by atoms with Crippen molar-refractivity contribution in [3.05, 3.63) is 60.8 Å². The molecule has 2 unspecified atom stereocenters. The van der Waals surface area contributed by atoms with Crippen molar-refractivity contribution in [3.63, 3.8) is 0 Å². The lowest BCUT2D eigenvalue weighted by Crippen LogP contribution is -2.37. The minimum absolute atomic E-state index is 0.0742. The minimum atomic E-state index is -4.28. The largest absolute Gasteiger partial charge is 0.472 e. The third-order valence-corrected chi connectivity index (χ3v) is 8.30. The van der Waals surface area contributed by atoms with E-state index in [2.05, 4.69) is 74.6 Å². The second kappa shape index (κ2) is 32.4. The molecule has 0 fully saturated rings. The Morgan fingerprint density at radius 2 is 1.21 bits per heavy atom. The first-order valence-corrected chi connectivity index (χ1v) is 20.0. The van der Waals surface area contributed by atoms with Crippen LogP contribution in [0.15, 0.2) is 60.8 Å². The number of rotatable bonds is 33. The van der Waals surface area contributed by atoms with Crippen molar-refractivity contribution in [3.8, 4) is 0 Å². The predicted octanol–water partition coefficient (Wildman–Crippen LogP) is 10.2. The SMILES string of the molecule is CC/C=C\C/C=C\C/C=C\C/C=C\CCCOCC(COP(=O)(O)OCC[N+](C)(C)C)OC(=O)CCCCCCC/C=C\CCCCC. The summed E-state index contributed by atoms with van der Waals surface area (Å²) in [5.74, 6) is -0.347. The molecule has 0 rings (SSSR count). The molecule has 0 heterocycles. The van der Waals surface area contributed by atoms with E-state index in [0.29, 0.717) is 24.1 Å². The van der Waals surface area contributed by atoms with Gasteiger partial charge in [0.15, 0.2) is 0 Å². The molecule has 0 bridgehead atoms. The standard InChI is InChI=1S/C39H70NO7P/c1-6-8-10-12-14-16-18-20-21-23-25-27-29-31-34-44-36-38(37-46-48(42,43)45-35-33-40(3,4)5)47-39(41)32-30-28-26-24-22-19-17-15-13-11-9-7-2/h8,10,14-17,20-21,25,27,38H,6-7,9,11-13,18-19,22-24,26,28-37H2,1-5H3/p+1/b10-8-,16-14-,17-15-,21-20-,27-25-. The van der Waals surface area contributed by atoms with Crippen LogP contribution in [0.5, 0.6) is 0 Å². The van der Waals surface area contributed by atoms with Crippen LogP contribution in [0.3, 0.4) is 0 Å². The van der Waals surface area contributed by atoms with Gasteiger partial charge in [-0.15, -0.1) is 0 Å². The molecule has 0 aliphatic heterocycles. The number of likely N-dealkylation sites (N-methyl/N-ethyl adjacent to an activating group) is 1. The molecule has 0 spiro atoms. The van der Waals surface area contributed by atoms with Crippen LogP contribution in [0.1, 0.15) is 123 Å². The van der Waals surface area contributed by atoms with Gasteiger partial charge >= 0.3 is 13.8 Å². The Morgan fingerprint density at radius 1 is 0.667 bits per heavy atom. The van der Waals surface area contributed by atoms with Crippen LogP contribution < -0.4 is 0 Å². The van der Waals surface area contributed by atoms with E-state index in [-0.39, 0.29) is 25.8 Å². The van der Waals surface area contributed by atoms with Gasteiger partial charge in [-0.25, -0.2) is 4.57 Å². The second-order valence-electron chi connectivity index (χ2n) is 13.2. The van der Waals surface area contributed by atoms with Crippen molar-refractivity contribution >= 4 is 13.8 Å². The van der Waals surface area contributed by atoms with E-state index in [1.54, 1.807) is 0 Å². The fourth-order valence-electron chi connectivity index (χ4n) is 4.43. The predicted molar refractivity (Wildman–Crippen MR) is 201 cm³/mol. The number of esters is 1. The fraction of sp³-hybridized carbons (Fsp3) is 0.718. The maximum Gasteiger partial charge on any atom is 0.472 e. The summed E-state index contributed by atoms with van der Waals surface area (Å²) >= 11 is 0. The highest BCUT2D eigenvalue weighted by atomic mass is 31.2. The zero-order valence-electron chi connectivity index (χ0n) is 31.2. The topological polar surface area (TPSA) is 91.3 Å². The summed E-state index contributed by atoms with van der Waals surface area (Å²) in [4.78, 5) is 22.7. The van der Waals surface area contributed by atoms with Crippen molar-refractivity contribution in [1.82, 2.24) is 0 Å². The summed E-state index contributed by atoms with van der Waals surface area (Å²) in [6, 6.07) is 0. The second-order valence-corrected chi connectivity index (χ2v) is 14.7. The van der Waals surface area contributed by atoms with Gasteiger partial charge in [-0.3, -0.25) is 13.8 Å². The molecule has 0 amide bonds. The van der Waals surface area contributed by atoms with E-state index in [0.717, 1.165) is 70.6 Å². The van der Waals surface area contributed by atoms with Gasteiger partial charge in [0.25, 0.3) is 0 Å². The Balaban J connectivity index is 4.45. The Kier molecular flexibility index (Phi) is 31.2. The van der Waals surface area contributed by atoms with E-state index in [4.69, 9.17) is 18.5 Å². The molecular formula is C39H71NO7P+. The van der Waals surface area contributed by atoms with Crippen LogP contribution in [0.2, 0.25) is 0 Å². The number of hydrogen-bond acceptors (Lipinski definition) is 6.